The van der Waals surface area contributed by atoms with Crippen molar-refractivity contribution < 1.29 is 9.53 Å². The van der Waals surface area contributed by atoms with Gasteiger partial charge >= 0.3 is 0 Å². The molecule has 1 fully saturated rings. The van der Waals surface area contributed by atoms with Crippen molar-refractivity contribution in [1.82, 2.24) is 15.2 Å². The normalized spacial score (nSPS) is 16.7. The predicted octanol–water partition coefficient (Wildman–Crippen LogP) is 1.62. The number of carbonyl (C=O) groups is 1. The van der Waals surface area contributed by atoms with E-state index < -0.39 is 0 Å². The minimum atomic E-state index is -0.159. The molecule has 1 N–H and O–H groups in total. The SMILES string of the molecule is O=C(CN1CCOCC1)N[C@H](c1ccccc1)c1ccncc1. The van der Waals surface area contributed by atoms with E-state index in [1.54, 1.807) is 12.4 Å². The molecule has 0 bridgehead atoms. The summed E-state index contributed by atoms with van der Waals surface area (Å²) in [5.74, 6) is 0.0255. The van der Waals surface area contributed by atoms with Crippen molar-refractivity contribution in [3.8, 4) is 0 Å². The molecule has 0 aliphatic carbocycles. The van der Waals surface area contributed by atoms with Gasteiger partial charge in [-0.3, -0.25) is 14.7 Å². The summed E-state index contributed by atoms with van der Waals surface area (Å²) in [5.41, 5.74) is 2.09. The molecule has 3 rings (SSSR count). The molecule has 1 aromatic heterocycles. The topological polar surface area (TPSA) is 54.5 Å². The van der Waals surface area contributed by atoms with Crippen molar-refractivity contribution >= 4 is 5.91 Å². The van der Waals surface area contributed by atoms with Crippen LogP contribution in [0.4, 0.5) is 0 Å². The second-order valence-electron chi connectivity index (χ2n) is 5.58. The smallest absolute Gasteiger partial charge is 0.234 e. The van der Waals surface area contributed by atoms with Crippen LogP contribution in [-0.2, 0) is 9.53 Å². The van der Waals surface area contributed by atoms with Crippen molar-refractivity contribution in [2.75, 3.05) is 32.8 Å². The standard InChI is InChI=1S/C18H21N3O2/c22-17(14-21-10-12-23-13-11-21)20-18(15-4-2-1-3-5-15)16-6-8-19-9-7-16/h1-9,18H,10-14H2,(H,20,22)/t18-/m1/s1. The van der Waals surface area contributed by atoms with Crippen LogP contribution in [0, 0.1) is 0 Å². The number of hydrogen-bond donors (Lipinski definition) is 1. The third kappa shape index (κ3) is 4.37. The van der Waals surface area contributed by atoms with Crippen LogP contribution >= 0.6 is 0 Å². The molecule has 0 spiro atoms. The molecule has 120 valence electrons. The molecule has 1 aliphatic rings. The van der Waals surface area contributed by atoms with Crippen molar-refractivity contribution in [2.45, 2.75) is 6.04 Å². The van der Waals surface area contributed by atoms with Crippen LogP contribution in [0.15, 0.2) is 54.9 Å². The van der Waals surface area contributed by atoms with E-state index >= 15 is 0 Å². The lowest BCUT2D eigenvalue weighted by Crippen LogP contribution is -2.44. The second kappa shape index (κ2) is 7.85. The van der Waals surface area contributed by atoms with Gasteiger partial charge in [0, 0.05) is 25.5 Å². The molecule has 5 nitrogen and oxygen atoms in total. The molecule has 1 atom stereocenters. The Morgan fingerprint density at radius 1 is 1.09 bits per heavy atom. The zero-order valence-corrected chi connectivity index (χ0v) is 13.0. The zero-order valence-electron chi connectivity index (χ0n) is 13.0. The largest absolute Gasteiger partial charge is 0.379 e. The number of hydrogen-bond acceptors (Lipinski definition) is 4. The Morgan fingerprint density at radius 3 is 2.43 bits per heavy atom. The van der Waals surface area contributed by atoms with E-state index in [0.717, 1.165) is 24.2 Å². The molecule has 0 radical (unpaired) electrons. The number of ether oxygens (including phenoxy) is 1. The molecule has 2 aromatic rings. The molecule has 0 saturated carbocycles. The van der Waals surface area contributed by atoms with E-state index in [2.05, 4.69) is 15.2 Å². The summed E-state index contributed by atoms with van der Waals surface area (Å²) >= 11 is 0. The zero-order chi connectivity index (χ0) is 15.9. The number of nitrogens with one attached hydrogen (secondary N) is 1. The fourth-order valence-electron chi connectivity index (χ4n) is 2.73. The highest BCUT2D eigenvalue weighted by atomic mass is 16.5. The summed E-state index contributed by atoms with van der Waals surface area (Å²) in [6.07, 6.45) is 3.50. The fourth-order valence-corrected chi connectivity index (χ4v) is 2.73. The van der Waals surface area contributed by atoms with Crippen LogP contribution in [0.1, 0.15) is 17.2 Å². The average molecular weight is 311 g/mol. The molecule has 2 heterocycles. The highest BCUT2D eigenvalue weighted by Gasteiger charge is 2.19. The molecule has 23 heavy (non-hydrogen) atoms. The van der Waals surface area contributed by atoms with Gasteiger partial charge in [-0.1, -0.05) is 30.3 Å². The number of carbonyl (C=O) groups excluding carboxylic acids is 1. The molecule has 1 amide bonds. The van der Waals surface area contributed by atoms with Gasteiger partial charge in [0.05, 0.1) is 25.8 Å². The number of nitrogens with zero attached hydrogens (tertiary/aromatic N) is 2. The number of rotatable bonds is 5. The van der Waals surface area contributed by atoms with Gasteiger partial charge in [0.25, 0.3) is 0 Å². The van der Waals surface area contributed by atoms with E-state index in [1.165, 1.54) is 0 Å². The maximum absolute atomic E-state index is 12.5. The minimum absolute atomic E-state index is 0.0255. The van der Waals surface area contributed by atoms with E-state index in [0.29, 0.717) is 19.8 Å². The van der Waals surface area contributed by atoms with Crippen molar-refractivity contribution in [3.05, 3.63) is 66.0 Å². The van der Waals surface area contributed by atoms with E-state index in [4.69, 9.17) is 4.74 Å². The first-order valence-corrected chi connectivity index (χ1v) is 7.87. The number of aromatic nitrogens is 1. The fraction of sp³-hybridized carbons (Fsp3) is 0.333. The van der Waals surface area contributed by atoms with Gasteiger partial charge in [-0.25, -0.2) is 0 Å². The lowest BCUT2D eigenvalue weighted by molar-refractivity contribution is -0.123. The van der Waals surface area contributed by atoms with Gasteiger partial charge in [-0.05, 0) is 23.3 Å². The summed E-state index contributed by atoms with van der Waals surface area (Å²) in [6.45, 7) is 3.40. The van der Waals surface area contributed by atoms with Gasteiger partial charge in [-0.2, -0.15) is 0 Å². The molecule has 1 aromatic carbocycles. The van der Waals surface area contributed by atoms with Crippen LogP contribution < -0.4 is 5.32 Å². The Bertz CT molecular complexity index is 573. The Kier molecular flexibility index (Phi) is 5.34. The Labute approximate surface area is 136 Å². The number of morpholine rings is 1. The summed E-state index contributed by atoms with van der Waals surface area (Å²) in [4.78, 5) is 18.6. The van der Waals surface area contributed by atoms with E-state index in [1.807, 2.05) is 42.5 Å². The van der Waals surface area contributed by atoms with Gasteiger partial charge in [0.2, 0.25) is 5.91 Å². The number of amides is 1. The monoisotopic (exact) mass is 311 g/mol. The lowest BCUT2D eigenvalue weighted by Gasteiger charge is -2.27. The average Bonchev–Trinajstić information content (AvgIpc) is 2.62. The molecule has 0 unspecified atom stereocenters. The molecule has 5 heteroatoms. The van der Waals surface area contributed by atoms with Crippen molar-refractivity contribution in [3.63, 3.8) is 0 Å². The summed E-state index contributed by atoms with van der Waals surface area (Å²) in [7, 11) is 0. The quantitative estimate of drug-likeness (QED) is 0.912. The summed E-state index contributed by atoms with van der Waals surface area (Å²) < 4.78 is 5.32. The molecular weight excluding hydrogens is 290 g/mol. The first kappa shape index (κ1) is 15.6. The van der Waals surface area contributed by atoms with Gasteiger partial charge in [-0.15, -0.1) is 0 Å². The Hall–Kier alpha value is -2.24. The third-order valence-electron chi connectivity index (χ3n) is 3.95. The number of pyridine rings is 1. The highest BCUT2D eigenvalue weighted by molar-refractivity contribution is 5.79. The maximum atomic E-state index is 12.5. The van der Waals surface area contributed by atoms with Crippen LogP contribution in [-0.4, -0.2) is 48.6 Å². The van der Waals surface area contributed by atoms with E-state index in [9.17, 15) is 4.79 Å². The Balaban J connectivity index is 1.72. The highest BCUT2D eigenvalue weighted by Crippen LogP contribution is 2.21. The minimum Gasteiger partial charge on any atom is -0.379 e. The molecule has 1 saturated heterocycles. The van der Waals surface area contributed by atoms with Gasteiger partial charge in [0.1, 0.15) is 0 Å². The van der Waals surface area contributed by atoms with Crippen LogP contribution in [0.25, 0.3) is 0 Å². The lowest BCUT2D eigenvalue weighted by atomic mass is 9.99. The van der Waals surface area contributed by atoms with Crippen molar-refractivity contribution in [2.24, 2.45) is 0 Å². The second-order valence-corrected chi connectivity index (χ2v) is 5.58. The van der Waals surface area contributed by atoms with Crippen LogP contribution in [0.5, 0.6) is 0 Å². The Morgan fingerprint density at radius 2 is 1.74 bits per heavy atom. The molecule has 1 aliphatic heterocycles. The predicted molar refractivity (Wildman–Crippen MR) is 87.9 cm³/mol. The number of benzene rings is 1. The van der Waals surface area contributed by atoms with E-state index in [-0.39, 0.29) is 11.9 Å². The first-order valence-electron chi connectivity index (χ1n) is 7.87. The van der Waals surface area contributed by atoms with Crippen molar-refractivity contribution in [1.29, 1.82) is 0 Å². The van der Waals surface area contributed by atoms with Gasteiger partial charge in [0.15, 0.2) is 0 Å². The van der Waals surface area contributed by atoms with Gasteiger partial charge < -0.3 is 10.1 Å². The third-order valence-corrected chi connectivity index (χ3v) is 3.95. The maximum Gasteiger partial charge on any atom is 0.234 e. The van der Waals surface area contributed by atoms with Crippen LogP contribution in [0.3, 0.4) is 0 Å². The molecular formula is C18H21N3O2. The summed E-state index contributed by atoms with van der Waals surface area (Å²) in [5, 5.41) is 3.15. The first-order chi connectivity index (χ1) is 11.3. The van der Waals surface area contributed by atoms with Crippen LogP contribution in [0.2, 0.25) is 0 Å². The summed E-state index contributed by atoms with van der Waals surface area (Å²) in [6, 6.07) is 13.7.